The van der Waals surface area contributed by atoms with Crippen molar-refractivity contribution in [2.45, 2.75) is 32.4 Å². The first-order valence-corrected chi connectivity index (χ1v) is 5.82. The Labute approximate surface area is 96.2 Å². The SMILES string of the molecule is CCCN1Cc2ccccc2C[C@@H]1C(N)=O. The van der Waals surface area contributed by atoms with Gasteiger partial charge in [0.15, 0.2) is 0 Å². The van der Waals surface area contributed by atoms with Crippen LogP contribution in [-0.4, -0.2) is 23.4 Å². The van der Waals surface area contributed by atoms with Gasteiger partial charge in [-0.2, -0.15) is 0 Å². The highest BCUT2D eigenvalue weighted by Gasteiger charge is 2.28. The number of rotatable bonds is 3. The molecule has 0 aromatic heterocycles. The van der Waals surface area contributed by atoms with Crippen molar-refractivity contribution in [2.75, 3.05) is 6.54 Å². The van der Waals surface area contributed by atoms with Crippen molar-refractivity contribution in [1.29, 1.82) is 0 Å². The van der Waals surface area contributed by atoms with Crippen molar-refractivity contribution in [3.05, 3.63) is 35.4 Å². The lowest BCUT2D eigenvalue weighted by molar-refractivity contribution is -0.123. The van der Waals surface area contributed by atoms with Gasteiger partial charge in [-0.3, -0.25) is 9.69 Å². The van der Waals surface area contributed by atoms with E-state index in [2.05, 4.69) is 24.0 Å². The number of amides is 1. The molecule has 0 spiro atoms. The summed E-state index contributed by atoms with van der Waals surface area (Å²) >= 11 is 0. The van der Waals surface area contributed by atoms with Crippen molar-refractivity contribution in [3.63, 3.8) is 0 Å². The molecule has 1 aliphatic rings. The first-order chi connectivity index (χ1) is 7.72. The quantitative estimate of drug-likeness (QED) is 0.831. The molecule has 86 valence electrons. The fourth-order valence-corrected chi connectivity index (χ4v) is 2.38. The summed E-state index contributed by atoms with van der Waals surface area (Å²) in [6.45, 7) is 3.90. The summed E-state index contributed by atoms with van der Waals surface area (Å²) in [6, 6.07) is 8.17. The molecular formula is C13H18N2O. The second-order valence-corrected chi connectivity index (χ2v) is 4.36. The molecule has 16 heavy (non-hydrogen) atoms. The highest BCUT2D eigenvalue weighted by Crippen LogP contribution is 2.23. The molecule has 1 aromatic carbocycles. The number of carbonyl (C=O) groups excluding carboxylic acids is 1. The lowest BCUT2D eigenvalue weighted by atomic mass is 9.93. The fraction of sp³-hybridized carbons (Fsp3) is 0.462. The number of nitrogens with two attached hydrogens (primary N) is 1. The van der Waals surface area contributed by atoms with Gasteiger partial charge in [-0.25, -0.2) is 0 Å². The number of primary amides is 1. The van der Waals surface area contributed by atoms with Crippen molar-refractivity contribution < 1.29 is 4.79 Å². The van der Waals surface area contributed by atoms with Crippen LogP contribution in [0.3, 0.4) is 0 Å². The van der Waals surface area contributed by atoms with Crippen LogP contribution in [-0.2, 0) is 17.8 Å². The van der Waals surface area contributed by atoms with Gasteiger partial charge in [0.05, 0.1) is 6.04 Å². The van der Waals surface area contributed by atoms with Crippen LogP contribution >= 0.6 is 0 Å². The first kappa shape index (κ1) is 11.1. The number of nitrogens with zero attached hydrogens (tertiary/aromatic N) is 1. The van der Waals surface area contributed by atoms with Crippen LogP contribution in [0.5, 0.6) is 0 Å². The average Bonchev–Trinajstić information content (AvgIpc) is 2.28. The van der Waals surface area contributed by atoms with Crippen LogP contribution < -0.4 is 5.73 Å². The Morgan fingerprint density at radius 1 is 1.44 bits per heavy atom. The summed E-state index contributed by atoms with van der Waals surface area (Å²) in [5, 5.41) is 0. The number of carbonyl (C=O) groups is 1. The normalized spacial score (nSPS) is 20.4. The van der Waals surface area contributed by atoms with Gasteiger partial charge in [0.1, 0.15) is 0 Å². The maximum Gasteiger partial charge on any atom is 0.235 e. The third kappa shape index (κ3) is 2.09. The zero-order chi connectivity index (χ0) is 11.5. The zero-order valence-corrected chi connectivity index (χ0v) is 9.65. The van der Waals surface area contributed by atoms with Crippen LogP contribution in [0, 0.1) is 0 Å². The highest BCUT2D eigenvalue weighted by molar-refractivity contribution is 5.80. The zero-order valence-electron chi connectivity index (χ0n) is 9.65. The van der Waals surface area contributed by atoms with Crippen molar-refractivity contribution in [1.82, 2.24) is 4.90 Å². The highest BCUT2D eigenvalue weighted by atomic mass is 16.1. The van der Waals surface area contributed by atoms with Crippen LogP contribution in [0.25, 0.3) is 0 Å². The molecule has 0 bridgehead atoms. The lowest BCUT2D eigenvalue weighted by Crippen LogP contribution is -2.48. The molecule has 2 N–H and O–H groups in total. The molecule has 1 heterocycles. The van der Waals surface area contributed by atoms with E-state index >= 15 is 0 Å². The fourth-order valence-electron chi connectivity index (χ4n) is 2.38. The molecule has 0 saturated heterocycles. The Balaban J connectivity index is 2.25. The molecule has 1 atom stereocenters. The monoisotopic (exact) mass is 218 g/mol. The molecule has 1 aromatic rings. The molecule has 0 unspecified atom stereocenters. The van der Waals surface area contributed by atoms with E-state index in [1.165, 1.54) is 11.1 Å². The molecular weight excluding hydrogens is 200 g/mol. The third-order valence-corrected chi connectivity index (χ3v) is 3.19. The Morgan fingerprint density at radius 2 is 2.12 bits per heavy atom. The van der Waals surface area contributed by atoms with Crippen molar-refractivity contribution >= 4 is 5.91 Å². The molecule has 1 amide bonds. The predicted octanol–water partition coefficient (Wildman–Crippen LogP) is 1.31. The average molecular weight is 218 g/mol. The summed E-state index contributed by atoms with van der Waals surface area (Å²) in [5.41, 5.74) is 8.05. The molecule has 0 aliphatic carbocycles. The van der Waals surface area contributed by atoms with Gasteiger partial charge >= 0.3 is 0 Å². The number of fused-ring (bicyclic) bond motifs is 1. The Morgan fingerprint density at radius 3 is 2.75 bits per heavy atom. The minimum atomic E-state index is -0.206. The Kier molecular flexibility index (Phi) is 3.25. The van der Waals surface area contributed by atoms with Crippen molar-refractivity contribution in [2.24, 2.45) is 5.73 Å². The van der Waals surface area contributed by atoms with E-state index in [1.54, 1.807) is 0 Å². The van der Waals surface area contributed by atoms with Gasteiger partial charge in [0.25, 0.3) is 0 Å². The smallest absolute Gasteiger partial charge is 0.235 e. The molecule has 3 heteroatoms. The minimum absolute atomic E-state index is 0.130. The molecule has 0 saturated carbocycles. The van der Waals surface area contributed by atoms with E-state index in [4.69, 9.17) is 5.73 Å². The van der Waals surface area contributed by atoms with E-state index in [0.717, 1.165) is 25.9 Å². The summed E-state index contributed by atoms with van der Waals surface area (Å²) in [6.07, 6.45) is 1.80. The minimum Gasteiger partial charge on any atom is -0.368 e. The van der Waals surface area contributed by atoms with E-state index in [-0.39, 0.29) is 11.9 Å². The molecule has 1 aliphatic heterocycles. The molecule has 0 radical (unpaired) electrons. The van der Waals surface area contributed by atoms with Gasteiger partial charge < -0.3 is 5.73 Å². The van der Waals surface area contributed by atoms with Crippen LogP contribution in [0.1, 0.15) is 24.5 Å². The van der Waals surface area contributed by atoms with Gasteiger partial charge in [0.2, 0.25) is 5.91 Å². The summed E-state index contributed by atoms with van der Waals surface area (Å²) in [7, 11) is 0. The lowest BCUT2D eigenvalue weighted by Gasteiger charge is -2.34. The van der Waals surface area contributed by atoms with E-state index in [9.17, 15) is 4.79 Å². The van der Waals surface area contributed by atoms with Gasteiger partial charge in [-0.1, -0.05) is 31.2 Å². The number of hydrogen-bond acceptors (Lipinski definition) is 2. The molecule has 2 rings (SSSR count). The molecule has 0 fully saturated rings. The van der Waals surface area contributed by atoms with Gasteiger partial charge in [-0.15, -0.1) is 0 Å². The maximum atomic E-state index is 11.4. The van der Waals surface area contributed by atoms with Crippen LogP contribution in [0.15, 0.2) is 24.3 Å². The largest absolute Gasteiger partial charge is 0.368 e. The standard InChI is InChI=1S/C13H18N2O/c1-2-7-15-9-11-6-4-3-5-10(11)8-12(15)13(14)16/h3-6,12H,2,7-9H2,1H3,(H2,14,16)/t12-/m1/s1. The first-order valence-electron chi connectivity index (χ1n) is 5.82. The predicted molar refractivity (Wildman–Crippen MR) is 63.8 cm³/mol. The van der Waals surface area contributed by atoms with E-state index < -0.39 is 0 Å². The van der Waals surface area contributed by atoms with Gasteiger partial charge in [-0.05, 0) is 30.5 Å². The molecule has 3 nitrogen and oxygen atoms in total. The summed E-state index contributed by atoms with van der Waals surface area (Å²) < 4.78 is 0. The summed E-state index contributed by atoms with van der Waals surface area (Å²) in [5.74, 6) is -0.206. The van der Waals surface area contributed by atoms with E-state index in [0.29, 0.717) is 0 Å². The Hall–Kier alpha value is -1.35. The van der Waals surface area contributed by atoms with Gasteiger partial charge in [0, 0.05) is 6.54 Å². The van der Waals surface area contributed by atoms with E-state index in [1.807, 2.05) is 12.1 Å². The van der Waals surface area contributed by atoms with Crippen LogP contribution in [0.2, 0.25) is 0 Å². The second-order valence-electron chi connectivity index (χ2n) is 4.36. The second kappa shape index (κ2) is 4.66. The third-order valence-electron chi connectivity index (χ3n) is 3.19. The number of benzene rings is 1. The Bertz CT molecular complexity index is 389. The maximum absolute atomic E-state index is 11.4. The number of hydrogen-bond donors (Lipinski definition) is 1. The van der Waals surface area contributed by atoms with Crippen LogP contribution in [0.4, 0.5) is 0 Å². The van der Waals surface area contributed by atoms with Crippen molar-refractivity contribution in [3.8, 4) is 0 Å². The topological polar surface area (TPSA) is 46.3 Å². The summed E-state index contributed by atoms with van der Waals surface area (Å²) in [4.78, 5) is 13.6.